The van der Waals surface area contributed by atoms with Gasteiger partial charge in [-0.2, -0.15) is 4.31 Å². The van der Waals surface area contributed by atoms with Crippen LogP contribution in [0.25, 0.3) is 10.9 Å². The van der Waals surface area contributed by atoms with Crippen LogP contribution in [-0.4, -0.2) is 35.5 Å². The van der Waals surface area contributed by atoms with Crippen molar-refractivity contribution in [2.75, 3.05) is 6.61 Å². The second kappa shape index (κ2) is 5.98. The van der Waals surface area contributed by atoms with Gasteiger partial charge in [-0.05, 0) is 37.1 Å². The number of hydrogen-bond acceptors (Lipinski definition) is 3. The molecule has 0 bridgehead atoms. The molecule has 0 saturated carbocycles. The second-order valence-corrected chi connectivity index (χ2v) is 8.42. The summed E-state index contributed by atoms with van der Waals surface area (Å²) in [5.41, 5.74) is 4.01. The lowest BCUT2D eigenvalue weighted by Crippen LogP contribution is -2.46. The van der Waals surface area contributed by atoms with Gasteiger partial charge in [0.25, 0.3) is 0 Å². The quantitative estimate of drug-likeness (QED) is 0.757. The number of nitrogens with one attached hydrogen (secondary N) is 1. The molecule has 5 nitrogen and oxygen atoms in total. The first-order valence-electron chi connectivity index (χ1n) is 8.28. The average molecular weight is 356 g/mol. The fraction of sp³-hybridized carbons (Fsp3) is 0.263. The maximum absolute atomic E-state index is 13.1. The first-order valence-corrected chi connectivity index (χ1v) is 9.72. The minimum Gasteiger partial charge on any atom is -0.395 e. The van der Waals surface area contributed by atoms with Crippen molar-refractivity contribution in [3.63, 3.8) is 0 Å². The van der Waals surface area contributed by atoms with E-state index in [9.17, 15) is 13.5 Å². The molecule has 1 aliphatic heterocycles. The Labute approximate surface area is 147 Å². The number of H-pyrrole nitrogens is 1. The van der Waals surface area contributed by atoms with Gasteiger partial charge < -0.3 is 10.1 Å². The Morgan fingerprint density at radius 2 is 1.88 bits per heavy atom. The van der Waals surface area contributed by atoms with Crippen LogP contribution in [0, 0.1) is 6.92 Å². The summed E-state index contributed by atoms with van der Waals surface area (Å²) in [6, 6.07) is 14.3. The molecule has 0 aliphatic carbocycles. The third-order valence-corrected chi connectivity index (χ3v) is 6.81. The highest BCUT2D eigenvalue weighted by atomic mass is 32.2. The topological polar surface area (TPSA) is 73.4 Å². The molecule has 1 unspecified atom stereocenters. The summed E-state index contributed by atoms with van der Waals surface area (Å²) in [5, 5.41) is 10.9. The molecular weight excluding hydrogens is 336 g/mol. The minimum absolute atomic E-state index is 0.204. The molecule has 0 fully saturated rings. The normalized spacial score (nSPS) is 18.4. The van der Waals surface area contributed by atoms with Crippen molar-refractivity contribution in [1.82, 2.24) is 9.29 Å². The van der Waals surface area contributed by atoms with Crippen molar-refractivity contribution in [1.29, 1.82) is 0 Å². The third kappa shape index (κ3) is 2.66. The second-order valence-electron chi connectivity index (χ2n) is 6.53. The zero-order valence-corrected chi connectivity index (χ0v) is 14.8. The minimum atomic E-state index is -3.67. The summed E-state index contributed by atoms with van der Waals surface area (Å²) in [6.07, 6.45) is 0.501. The van der Waals surface area contributed by atoms with E-state index in [-0.39, 0.29) is 18.0 Å². The molecule has 130 valence electrons. The van der Waals surface area contributed by atoms with Crippen LogP contribution in [0.2, 0.25) is 0 Å². The van der Waals surface area contributed by atoms with Crippen LogP contribution in [0.15, 0.2) is 53.4 Å². The lowest BCUT2D eigenvalue weighted by Gasteiger charge is -2.33. The Bertz CT molecular complexity index is 1020. The summed E-state index contributed by atoms with van der Waals surface area (Å²) < 4.78 is 27.6. The Balaban J connectivity index is 1.78. The molecule has 1 aromatic heterocycles. The molecule has 0 radical (unpaired) electrons. The summed E-state index contributed by atoms with van der Waals surface area (Å²) in [6.45, 7) is 1.96. The molecule has 0 spiro atoms. The number of rotatable bonds is 3. The highest BCUT2D eigenvalue weighted by Gasteiger charge is 2.36. The zero-order valence-electron chi connectivity index (χ0n) is 13.9. The number of aromatic amines is 1. The predicted octanol–water partition coefficient (Wildman–Crippen LogP) is 2.58. The molecule has 2 N–H and O–H groups in total. The van der Waals surface area contributed by atoms with Crippen molar-refractivity contribution in [2.45, 2.75) is 30.8 Å². The third-order valence-electron chi connectivity index (χ3n) is 4.90. The SMILES string of the molecule is Cc1ccc(S(=O)(=O)N2Cc3[nH]c4ccccc4c3CC2CO)cc1. The van der Waals surface area contributed by atoms with Crippen LogP contribution in [0.5, 0.6) is 0 Å². The molecule has 4 rings (SSSR count). The summed E-state index contributed by atoms with van der Waals surface area (Å²) in [5.74, 6) is 0. The highest BCUT2D eigenvalue weighted by molar-refractivity contribution is 7.89. The van der Waals surface area contributed by atoms with E-state index in [0.29, 0.717) is 6.42 Å². The largest absolute Gasteiger partial charge is 0.395 e. The van der Waals surface area contributed by atoms with Gasteiger partial charge in [-0.15, -0.1) is 0 Å². The van der Waals surface area contributed by atoms with Gasteiger partial charge in [0.1, 0.15) is 0 Å². The number of benzene rings is 2. The van der Waals surface area contributed by atoms with Crippen LogP contribution in [0.1, 0.15) is 16.8 Å². The predicted molar refractivity (Wildman–Crippen MR) is 96.8 cm³/mol. The number of para-hydroxylation sites is 1. The van der Waals surface area contributed by atoms with Crippen LogP contribution in [-0.2, 0) is 23.0 Å². The van der Waals surface area contributed by atoms with Gasteiger partial charge in [0, 0.05) is 16.6 Å². The number of fused-ring (bicyclic) bond motifs is 3. The fourth-order valence-electron chi connectivity index (χ4n) is 3.53. The van der Waals surface area contributed by atoms with Crippen molar-refractivity contribution in [3.05, 3.63) is 65.4 Å². The number of aromatic nitrogens is 1. The molecule has 2 heterocycles. The maximum atomic E-state index is 13.1. The van der Waals surface area contributed by atoms with Crippen LogP contribution in [0.4, 0.5) is 0 Å². The number of sulfonamides is 1. The maximum Gasteiger partial charge on any atom is 0.243 e. The van der Waals surface area contributed by atoms with E-state index in [2.05, 4.69) is 4.98 Å². The number of aryl methyl sites for hydroxylation is 1. The molecule has 0 amide bonds. The van der Waals surface area contributed by atoms with Crippen LogP contribution < -0.4 is 0 Å². The molecule has 1 aliphatic rings. The average Bonchev–Trinajstić information content (AvgIpc) is 2.98. The summed E-state index contributed by atoms with van der Waals surface area (Å²) in [4.78, 5) is 3.60. The van der Waals surface area contributed by atoms with E-state index in [1.54, 1.807) is 24.3 Å². The van der Waals surface area contributed by atoms with E-state index in [4.69, 9.17) is 0 Å². The van der Waals surface area contributed by atoms with Crippen LogP contribution >= 0.6 is 0 Å². The van der Waals surface area contributed by atoms with E-state index < -0.39 is 16.1 Å². The smallest absolute Gasteiger partial charge is 0.243 e. The number of aliphatic hydroxyl groups excluding tert-OH is 1. The van der Waals surface area contributed by atoms with Gasteiger partial charge >= 0.3 is 0 Å². The van der Waals surface area contributed by atoms with Crippen LogP contribution in [0.3, 0.4) is 0 Å². The molecule has 0 saturated heterocycles. The monoisotopic (exact) mass is 356 g/mol. The van der Waals surface area contributed by atoms with Gasteiger partial charge in [0.15, 0.2) is 0 Å². The molecule has 3 aromatic rings. The Hall–Kier alpha value is -2.15. The fourth-order valence-corrected chi connectivity index (χ4v) is 5.11. The van der Waals surface area contributed by atoms with Gasteiger partial charge in [-0.3, -0.25) is 0 Å². The number of nitrogens with zero attached hydrogens (tertiary/aromatic N) is 1. The number of hydrogen-bond donors (Lipinski definition) is 2. The zero-order chi connectivity index (χ0) is 17.6. The van der Waals surface area contributed by atoms with Crippen molar-refractivity contribution in [2.24, 2.45) is 0 Å². The Morgan fingerprint density at radius 3 is 2.60 bits per heavy atom. The molecule has 6 heteroatoms. The summed E-state index contributed by atoms with van der Waals surface area (Å²) in [7, 11) is -3.67. The van der Waals surface area contributed by atoms with E-state index in [1.807, 2.05) is 31.2 Å². The van der Waals surface area contributed by atoms with E-state index in [0.717, 1.165) is 27.7 Å². The molecule has 1 atom stereocenters. The lowest BCUT2D eigenvalue weighted by atomic mass is 9.99. The number of aliphatic hydroxyl groups is 1. The Morgan fingerprint density at radius 1 is 1.16 bits per heavy atom. The first-order chi connectivity index (χ1) is 12.0. The lowest BCUT2D eigenvalue weighted by molar-refractivity contribution is 0.173. The first kappa shape index (κ1) is 16.3. The van der Waals surface area contributed by atoms with Gasteiger partial charge in [0.05, 0.1) is 24.1 Å². The van der Waals surface area contributed by atoms with Crippen molar-refractivity contribution >= 4 is 20.9 Å². The molecule has 2 aromatic carbocycles. The van der Waals surface area contributed by atoms with Crippen molar-refractivity contribution in [3.8, 4) is 0 Å². The van der Waals surface area contributed by atoms with E-state index in [1.165, 1.54) is 4.31 Å². The highest BCUT2D eigenvalue weighted by Crippen LogP contribution is 2.33. The van der Waals surface area contributed by atoms with Gasteiger partial charge in [-0.1, -0.05) is 35.9 Å². The Kier molecular flexibility index (Phi) is 3.91. The molecular formula is C19H20N2O3S. The summed E-state index contributed by atoms with van der Waals surface area (Å²) >= 11 is 0. The molecule has 25 heavy (non-hydrogen) atoms. The van der Waals surface area contributed by atoms with E-state index >= 15 is 0 Å². The standard InChI is InChI=1S/C19H20N2O3S/c1-13-6-8-15(9-7-13)25(23,24)21-11-19-17(10-14(21)12-22)16-4-2-3-5-18(16)20-19/h2-9,14,20,22H,10-12H2,1H3. The van der Waals surface area contributed by atoms with Gasteiger partial charge in [-0.25, -0.2) is 8.42 Å². The van der Waals surface area contributed by atoms with Gasteiger partial charge in [0.2, 0.25) is 10.0 Å². The van der Waals surface area contributed by atoms with Crippen molar-refractivity contribution < 1.29 is 13.5 Å².